The number of aliphatic hydroxyl groups excluding tert-OH is 1. The number of aromatic nitrogens is 1. The SMILES string of the molecule is O=C(c1cc(-c2ccccc2)on1)N1CC[C@H](O)C1. The van der Waals surface area contributed by atoms with Crippen LogP contribution in [0.3, 0.4) is 0 Å². The molecule has 1 saturated heterocycles. The molecule has 19 heavy (non-hydrogen) atoms. The molecule has 0 unspecified atom stereocenters. The van der Waals surface area contributed by atoms with E-state index < -0.39 is 6.10 Å². The van der Waals surface area contributed by atoms with Crippen molar-refractivity contribution in [3.63, 3.8) is 0 Å². The van der Waals surface area contributed by atoms with E-state index in [1.165, 1.54) is 0 Å². The van der Waals surface area contributed by atoms with Crippen LogP contribution in [0.25, 0.3) is 11.3 Å². The van der Waals surface area contributed by atoms with E-state index in [1.54, 1.807) is 11.0 Å². The molecule has 3 rings (SSSR count). The van der Waals surface area contributed by atoms with Gasteiger partial charge in [0, 0.05) is 24.7 Å². The molecule has 1 amide bonds. The molecular weight excluding hydrogens is 244 g/mol. The second kappa shape index (κ2) is 4.85. The van der Waals surface area contributed by atoms with Crippen LogP contribution < -0.4 is 0 Å². The first-order valence-electron chi connectivity index (χ1n) is 6.23. The van der Waals surface area contributed by atoms with Crippen molar-refractivity contribution in [2.24, 2.45) is 0 Å². The maximum atomic E-state index is 12.1. The van der Waals surface area contributed by atoms with Gasteiger partial charge in [-0.3, -0.25) is 4.79 Å². The first-order valence-corrected chi connectivity index (χ1v) is 6.23. The highest BCUT2D eigenvalue weighted by Crippen LogP contribution is 2.21. The van der Waals surface area contributed by atoms with Gasteiger partial charge in [-0.2, -0.15) is 0 Å². The Hall–Kier alpha value is -2.14. The number of β-amino-alcohol motifs (C(OH)–C–C–N with tert-alkyl or cyclic N) is 1. The van der Waals surface area contributed by atoms with Crippen molar-refractivity contribution in [2.45, 2.75) is 12.5 Å². The molecule has 1 N–H and O–H groups in total. The number of aliphatic hydroxyl groups is 1. The topological polar surface area (TPSA) is 66.6 Å². The van der Waals surface area contributed by atoms with E-state index in [-0.39, 0.29) is 11.6 Å². The van der Waals surface area contributed by atoms with E-state index in [4.69, 9.17) is 4.52 Å². The van der Waals surface area contributed by atoms with Gasteiger partial charge in [0.1, 0.15) is 0 Å². The Labute approximate surface area is 110 Å². The lowest BCUT2D eigenvalue weighted by Gasteiger charge is -2.12. The molecule has 98 valence electrons. The Bertz CT molecular complexity index is 579. The summed E-state index contributed by atoms with van der Waals surface area (Å²) in [7, 11) is 0. The lowest BCUT2D eigenvalue weighted by Crippen LogP contribution is -2.29. The summed E-state index contributed by atoms with van der Waals surface area (Å²) in [5, 5.41) is 13.3. The highest BCUT2D eigenvalue weighted by molar-refractivity contribution is 5.93. The van der Waals surface area contributed by atoms with Gasteiger partial charge in [0.05, 0.1) is 6.10 Å². The standard InChI is InChI=1S/C14H14N2O3/c17-11-6-7-16(9-11)14(18)12-8-13(19-15-12)10-4-2-1-3-5-10/h1-5,8,11,17H,6-7,9H2/t11-/m0/s1. The van der Waals surface area contributed by atoms with Crippen LogP contribution in [-0.4, -0.2) is 40.3 Å². The first-order chi connectivity index (χ1) is 9.24. The largest absolute Gasteiger partial charge is 0.391 e. The van der Waals surface area contributed by atoms with Crippen LogP contribution in [-0.2, 0) is 0 Å². The summed E-state index contributed by atoms with van der Waals surface area (Å²) < 4.78 is 5.20. The van der Waals surface area contributed by atoms with Crippen molar-refractivity contribution in [3.05, 3.63) is 42.1 Å². The third-order valence-corrected chi connectivity index (χ3v) is 3.24. The van der Waals surface area contributed by atoms with Crippen LogP contribution >= 0.6 is 0 Å². The summed E-state index contributed by atoms with van der Waals surface area (Å²) in [5.41, 5.74) is 1.17. The Morgan fingerprint density at radius 3 is 2.84 bits per heavy atom. The fourth-order valence-corrected chi connectivity index (χ4v) is 2.20. The molecule has 1 atom stereocenters. The Morgan fingerprint density at radius 1 is 1.37 bits per heavy atom. The summed E-state index contributed by atoms with van der Waals surface area (Å²) in [5.74, 6) is 0.381. The quantitative estimate of drug-likeness (QED) is 0.887. The van der Waals surface area contributed by atoms with Gasteiger partial charge in [0.2, 0.25) is 0 Å². The van der Waals surface area contributed by atoms with Crippen molar-refractivity contribution < 1.29 is 14.4 Å². The van der Waals surface area contributed by atoms with Gasteiger partial charge < -0.3 is 14.5 Å². The molecule has 1 aromatic heterocycles. The average molecular weight is 258 g/mol. The number of nitrogens with zero attached hydrogens (tertiary/aromatic N) is 2. The van der Waals surface area contributed by atoms with Crippen molar-refractivity contribution in [3.8, 4) is 11.3 Å². The molecule has 0 aliphatic carbocycles. The minimum Gasteiger partial charge on any atom is -0.391 e. The van der Waals surface area contributed by atoms with Crippen molar-refractivity contribution in [2.75, 3.05) is 13.1 Å². The number of rotatable bonds is 2. The number of amides is 1. The highest BCUT2D eigenvalue weighted by Gasteiger charge is 2.27. The van der Waals surface area contributed by atoms with Crippen LogP contribution in [0, 0.1) is 0 Å². The van der Waals surface area contributed by atoms with E-state index in [2.05, 4.69) is 5.16 Å². The van der Waals surface area contributed by atoms with Crippen LogP contribution in [0.15, 0.2) is 40.9 Å². The fourth-order valence-electron chi connectivity index (χ4n) is 2.20. The second-order valence-corrected chi connectivity index (χ2v) is 4.64. The van der Waals surface area contributed by atoms with Crippen molar-refractivity contribution in [1.29, 1.82) is 0 Å². The van der Waals surface area contributed by atoms with Crippen LogP contribution in [0.1, 0.15) is 16.9 Å². The molecule has 2 aromatic rings. The number of carbonyl (C=O) groups is 1. The van der Waals surface area contributed by atoms with Gasteiger partial charge in [-0.15, -0.1) is 0 Å². The number of hydrogen-bond donors (Lipinski definition) is 1. The molecular formula is C14H14N2O3. The van der Waals surface area contributed by atoms with Crippen LogP contribution in [0.5, 0.6) is 0 Å². The lowest BCUT2D eigenvalue weighted by atomic mass is 10.1. The summed E-state index contributed by atoms with van der Waals surface area (Å²) in [6.45, 7) is 0.930. The molecule has 1 aliphatic rings. The predicted molar refractivity (Wildman–Crippen MR) is 68.5 cm³/mol. The molecule has 2 heterocycles. The second-order valence-electron chi connectivity index (χ2n) is 4.64. The van der Waals surface area contributed by atoms with E-state index in [1.807, 2.05) is 30.3 Å². The predicted octanol–water partition coefficient (Wildman–Crippen LogP) is 1.55. The molecule has 0 bridgehead atoms. The summed E-state index contributed by atoms with van der Waals surface area (Å²) >= 11 is 0. The molecule has 1 aromatic carbocycles. The zero-order valence-corrected chi connectivity index (χ0v) is 10.3. The molecule has 0 spiro atoms. The first kappa shape index (κ1) is 11.9. The number of likely N-dealkylation sites (tertiary alicyclic amines) is 1. The minimum absolute atomic E-state index is 0.192. The Balaban J connectivity index is 1.80. The van der Waals surface area contributed by atoms with Gasteiger partial charge in [0.15, 0.2) is 11.5 Å². The van der Waals surface area contributed by atoms with Gasteiger partial charge in [-0.25, -0.2) is 0 Å². The molecule has 1 fully saturated rings. The summed E-state index contributed by atoms with van der Waals surface area (Å²) in [4.78, 5) is 13.7. The van der Waals surface area contributed by atoms with Gasteiger partial charge in [0.25, 0.3) is 5.91 Å². The van der Waals surface area contributed by atoms with E-state index in [0.29, 0.717) is 25.3 Å². The Kier molecular flexibility index (Phi) is 3.05. The van der Waals surface area contributed by atoms with E-state index >= 15 is 0 Å². The van der Waals surface area contributed by atoms with E-state index in [9.17, 15) is 9.90 Å². The maximum absolute atomic E-state index is 12.1. The van der Waals surface area contributed by atoms with E-state index in [0.717, 1.165) is 5.56 Å². The fraction of sp³-hybridized carbons (Fsp3) is 0.286. The number of carbonyl (C=O) groups excluding carboxylic acids is 1. The smallest absolute Gasteiger partial charge is 0.276 e. The zero-order chi connectivity index (χ0) is 13.2. The van der Waals surface area contributed by atoms with Crippen LogP contribution in [0.4, 0.5) is 0 Å². The molecule has 0 saturated carbocycles. The molecule has 5 nitrogen and oxygen atoms in total. The van der Waals surface area contributed by atoms with Crippen molar-refractivity contribution >= 4 is 5.91 Å². The molecule has 5 heteroatoms. The minimum atomic E-state index is -0.426. The monoisotopic (exact) mass is 258 g/mol. The number of hydrogen-bond acceptors (Lipinski definition) is 4. The normalized spacial score (nSPS) is 18.8. The van der Waals surface area contributed by atoms with Gasteiger partial charge >= 0.3 is 0 Å². The maximum Gasteiger partial charge on any atom is 0.276 e. The average Bonchev–Trinajstić information content (AvgIpc) is 3.08. The lowest BCUT2D eigenvalue weighted by molar-refractivity contribution is 0.0755. The zero-order valence-electron chi connectivity index (χ0n) is 10.3. The number of benzene rings is 1. The van der Waals surface area contributed by atoms with Crippen molar-refractivity contribution in [1.82, 2.24) is 10.1 Å². The summed E-state index contributed by atoms with van der Waals surface area (Å²) in [6.07, 6.45) is 0.194. The summed E-state index contributed by atoms with van der Waals surface area (Å²) in [6, 6.07) is 11.1. The third-order valence-electron chi connectivity index (χ3n) is 3.24. The molecule has 0 radical (unpaired) electrons. The van der Waals surface area contributed by atoms with Crippen LogP contribution in [0.2, 0.25) is 0 Å². The highest BCUT2D eigenvalue weighted by atomic mass is 16.5. The van der Waals surface area contributed by atoms with Gasteiger partial charge in [-0.1, -0.05) is 35.5 Å². The molecule has 1 aliphatic heterocycles. The van der Waals surface area contributed by atoms with Gasteiger partial charge in [-0.05, 0) is 6.42 Å². The third kappa shape index (κ3) is 2.37. The Morgan fingerprint density at radius 2 is 2.16 bits per heavy atom.